The molecule has 0 bridgehead atoms. The normalized spacial score (nSPS) is 14.3. The summed E-state index contributed by atoms with van der Waals surface area (Å²) < 4.78 is 23.7. The Morgan fingerprint density at radius 3 is 3.00 bits per heavy atom. The molecule has 1 aliphatic rings. The highest BCUT2D eigenvalue weighted by molar-refractivity contribution is 5.22. The maximum Gasteiger partial charge on any atom is 0.240 e. The molecule has 7 nitrogen and oxygen atoms in total. The van der Waals surface area contributed by atoms with E-state index in [-0.39, 0.29) is 12.4 Å². The van der Waals surface area contributed by atoms with Crippen LogP contribution in [-0.4, -0.2) is 31.6 Å². The molecule has 0 N–H and O–H groups in total. The molecule has 1 aliphatic heterocycles. The molecule has 0 radical (unpaired) electrons. The average Bonchev–Trinajstić information content (AvgIpc) is 3.08. The molecule has 0 spiro atoms. The van der Waals surface area contributed by atoms with Crippen molar-refractivity contribution in [3.63, 3.8) is 0 Å². The Morgan fingerprint density at radius 2 is 2.12 bits per heavy atom. The second kappa shape index (κ2) is 6.94. The van der Waals surface area contributed by atoms with Crippen LogP contribution in [0.4, 0.5) is 4.39 Å². The molecular formula is C17H16FN5O2. The van der Waals surface area contributed by atoms with Gasteiger partial charge in [0.25, 0.3) is 0 Å². The number of fused-ring (bicyclic) bond motifs is 1. The van der Waals surface area contributed by atoms with Crippen LogP contribution in [0.5, 0.6) is 5.75 Å². The summed E-state index contributed by atoms with van der Waals surface area (Å²) in [4.78, 5) is 14.9. The van der Waals surface area contributed by atoms with Gasteiger partial charge in [-0.1, -0.05) is 5.16 Å². The smallest absolute Gasteiger partial charge is 0.240 e. The monoisotopic (exact) mass is 341 g/mol. The van der Waals surface area contributed by atoms with Crippen LogP contribution in [0.15, 0.2) is 41.3 Å². The third-order valence-corrected chi connectivity index (χ3v) is 4.00. The maximum atomic E-state index is 12.9. The molecule has 0 amide bonds. The van der Waals surface area contributed by atoms with Gasteiger partial charge in [-0.3, -0.25) is 4.90 Å². The molecule has 1 aromatic carbocycles. The lowest BCUT2D eigenvalue weighted by molar-refractivity contribution is 0.206. The fourth-order valence-electron chi connectivity index (χ4n) is 2.72. The number of ether oxygens (including phenoxy) is 1. The van der Waals surface area contributed by atoms with E-state index in [0.717, 1.165) is 25.2 Å². The van der Waals surface area contributed by atoms with E-state index in [2.05, 4.69) is 25.0 Å². The molecule has 25 heavy (non-hydrogen) atoms. The Morgan fingerprint density at radius 1 is 1.24 bits per heavy atom. The number of halogens is 1. The number of aromatic nitrogens is 4. The zero-order valence-corrected chi connectivity index (χ0v) is 13.4. The van der Waals surface area contributed by atoms with Crippen LogP contribution >= 0.6 is 0 Å². The second-order valence-electron chi connectivity index (χ2n) is 5.80. The van der Waals surface area contributed by atoms with Gasteiger partial charge in [-0.25, -0.2) is 14.4 Å². The number of rotatable bonds is 5. The Labute approximate surface area is 143 Å². The van der Waals surface area contributed by atoms with Gasteiger partial charge in [-0.2, -0.15) is 4.98 Å². The molecule has 0 fully saturated rings. The van der Waals surface area contributed by atoms with Crippen molar-refractivity contribution >= 4 is 0 Å². The summed E-state index contributed by atoms with van der Waals surface area (Å²) >= 11 is 0. The molecule has 0 aliphatic carbocycles. The molecule has 0 atom stereocenters. The van der Waals surface area contributed by atoms with Crippen molar-refractivity contribution in [1.82, 2.24) is 25.0 Å². The van der Waals surface area contributed by atoms with Gasteiger partial charge in [-0.05, 0) is 36.2 Å². The molecular weight excluding hydrogens is 325 g/mol. The molecule has 0 saturated heterocycles. The summed E-state index contributed by atoms with van der Waals surface area (Å²) in [6.07, 6.45) is 4.35. The topological polar surface area (TPSA) is 77.2 Å². The molecule has 128 valence electrons. The lowest BCUT2D eigenvalue weighted by atomic mass is 10.1. The first-order valence-electron chi connectivity index (χ1n) is 7.96. The van der Waals surface area contributed by atoms with E-state index in [9.17, 15) is 4.39 Å². The van der Waals surface area contributed by atoms with Crippen molar-refractivity contribution in [2.45, 2.75) is 26.1 Å². The van der Waals surface area contributed by atoms with Crippen LogP contribution in [0, 0.1) is 5.82 Å². The first-order valence-corrected chi connectivity index (χ1v) is 7.96. The number of nitrogens with zero attached hydrogens (tertiary/aromatic N) is 5. The second-order valence-corrected chi connectivity index (χ2v) is 5.80. The minimum atomic E-state index is -0.303. The summed E-state index contributed by atoms with van der Waals surface area (Å²) in [5.74, 6) is 1.25. The van der Waals surface area contributed by atoms with Gasteiger partial charge >= 0.3 is 0 Å². The van der Waals surface area contributed by atoms with Crippen molar-refractivity contribution < 1.29 is 13.7 Å². The summed E-state index contributed by atoms with van der Waals surface area (Å²) in [7, 11) is 0. The molecule has 2 aromatic heterocycles. The van der Waals surface area contributed by atoms with Crippen LogP contribution in [0.2, 0.25) is 0 Å². The van der Waals surface area contributed by atoms with Crippen molar-refractivity contribution in [2.75, 3.05) is 6.54 Å². The van der Waals surface area contributed by atoms with Gasteiger partial charge < -0.3 is 9.26 Å². The number of benzene rings is 1. The van der Waals surface area contributed by atoms with Crippen LogP contribution in [0.3, 0.4) is 0 Å². The Balaban J connectivity index is 1.33. The third-order valence-electron chi connectivity index (χ3n) is 4.00. The van der Waals surface area contributed by atoms with E-state index in [4.69, 9.17) is 9.26 Å². The van der Waals surface area contributed by atoms with Gasteiger partial charge in [0.2, 0.25) is 11.7 Å². The zero-order chi connectivity index (χ0) is 17.1. The standard InChI is InChI=1S/C17H16FN5O2/c18-13-1-3-14(4-2-13)24-10-16-21-17(25-22-16)9-23-6-5-12-7-19-11-20-15(12)8-23/h1-4,7,11H,5-6,8-10H2. The van der Waals surface area contributed by atoms with Crippen molar-refractivity contribution in [1.29, 1.82) is 0 Å². The van der Waals surface area contributed by atoms with Gasteiger partial charge in [0.15, 0.2) is 6.61 Å². The summed E-state index contributed by atoms with van der Waals surface area (Å²) in [5.41, 5.74) is 2.23. The van der Waals surface area contributed by atoms with Crippen molar-refractivity contribution in [2.24, 2.45) is 0 Å². The van der Waals surface area contributed by atoms with E-state index in [1.165, 1.54) is 17.7 Å². The number of hydrogen-bond acceptors (Lipinski definition) is 7. The Hall–Kier alpha value is -2.87. The minimum absolute atomic E-state index is 0.172. The highest BCUT2D eigenvalue weighted by atomic mass is 19.1. The number of hydrogen-bond donors (Lipinski definition) is 0. The zero-order valence-electron chi connectivity index (χ0n) is 13.4. The van der Waals surface area contributed by atoms with E-state index >= 15 is 0 Å². The fraction of sp³-hybridized carbons (Fsp3) is 0.294. The average molecular weight is 341 g/mol. The first-order chi connectivity index (χ1) is 12.3. The summed E-state index contributed by atoms with van der Waals surface area (Å²) in [6, 6.07) is 5.80. The molecule has 3 heterocycles. The van der Waals surface area contributed by atoms with Gasteiger partial charge in [-0.15, -0.1) is 0 Å². The SMILES string of the molecule is Fc1ccc(OCc2noc(CN3CCc4cncnc4C3)n2)cc1. The molecule has 0 unspecified atom stereocenters. The summed E-state index contributed by atoms with van der Waals surface area (Å²) in [6.45, 7) is 2.37. The molecule has 3 aromatic rings. The highest BCUT2D eigenvalue weighted by Crippen LogP contribution is 2.17. The lowest BCUT2D eigenvalue weighted by Crippen LogP contribution is -2.31. The molecule has 0 saturated carbocycles. The van der Waals surface area contributed by atoms with Gasteiger partial charge in [0.1, 0.15) is 17.9 Å². The van der Waals surface area contributed by atoms with Gasteiger partial charge in [0.05, 0.1) is 12.2 Å². The fourth-order valence-corrected chi connectivity index (χ4v) is 2.72. The van der Waals surface area contributed by atoms with Crippen molar-refractivity contribution in [3.05, 3.63) is 65.6 Å². The summed E-state index contributed by atoms with van der Waals surface area (Å²) in [5, 5.41) is 3.92. The van der Waals surface area contributed by atoms with Crippen molar-refractivity contribution in [3.8, 4) is 5.75 Å². The third kappa shape index (κ3) is 3.80. The van der Waals surface area contributed by atoms with Gasteiger partial charge in [0, 0.05) is 19.3 Å². The quantitative estimate of drug-likeness (QED) is 0.703. The first kappa shape index (κ1) is 15.6. The van der Waals surface area contributed by atoms with Crippen LogP contribution in [0.25, 0.3) is 0 Å². The van der Waals surface area contributed by atoms with E-state index in [1.807, 2.05) is 6.20 Å². The molecule has 8 heteroatoms. The van der Waals surface area contributed by atoms with Crippen LogP contribution in [-0.2, 0) is 26.1 Å². The largest absolute Gasteiger partial charge is 0.485 e. The predicted molar refractivity (Wildman–Crippen MR) is 84.9 cm³/mol. The highest BCUT2D eigenvalue weighted by Gasteiger charge is 2.19. The van der Waals surface area contributed by atoms with Crippen LogP contribution < -0.4 is 4.74 Å². The predicted octanol–water partition coefficient (Wildman–Crippen LogP) is 2.14. The van der Waals surface area contributed by atoms with Crippen LogP contribution in [0.1, 0.15) is 23.0 Å². The molecule has 4 rings (SSSR count). The lowest BCUT2D eigenvalue weighted by Gasteiger charge is -2.25. The van der Waals surface area contributed by atoms with E-state index in [0.29, 0.717) is 24.0 Å². The van der Waals surface area contributed by atoms with E-state index in [1.54, 1.807) is 18.5 Å². The minimum Gasteiger partial charge on any atom is -0.485 e. The Bertz CT molecular complexity index is 852. The van der Waals surface area contributed by atoms with E-state index < -0.39 is 0 Å². The Kier molecular flexibility index (Phi) is 4.34. The maximum absolute atomic E-state index is 12.9.